The Hall–Kier alpha value is -2.94. The molecular formula is C16H20N4O5. The van der Waals surface area contributed by atoms with Crippen molar-refractivity contribution in [3.8, 4) is 0 Å². The molecule has 0 saturated heterocycles. The number of anilines is 1. The van der Waals surface area contributed by atoms with Crippen molar-refractivity contribution in [1.29, 1.82) is 0 Å². The molecule has 2 atom stereocenters. The quantitative estimate of drug-likeness (QED) is 0.594. The van der Waals surface area contributed by atoms with Gasteiger partial charge in [-0.1, -0.05) is 12.1 Å². The summed E-state index contributed by atoms with van der Waals surface area (Å²) in [5, 5.41) is 14.4. The molecule has 9 heteroatoms. The van der Waals surface area contributed by atoms with Gasteiger partial charge in [0.2, 0.25) is 0 Å². The van der Waals surface area contributed by atoms with Crippen molar-refractivity contribution < 1.29 is 24.2 Å². The average Bonchev–Trinajstić information content (AvgIpc) is 2.94. The number of esters is 1. The second-order valence-corrected chi connectivity index (χ2v) is 5.98. The maximum absolute atomic E-state index is 12.2. The molecule has 0 radical (unpaired) electrons. The van der Waals surface area contributed by atoms with E-state index in [1.54, 1.807) is 31.2 Å². The number of ether oxygens (including phenoxy) is 1. The van der Waals surface area contributed by atoms with Crippen LogP contribution in [0.3, 0.4) is 0 Å². The minimum absolute atomic E-state index is 0.0284. The molecule has 1 aliphatic heterocycles. The number of carbonyl (C=O) groups is 3. The van der Waals surface area contributed by atoms with Crippen molar-refractivity contribution in [3.05, 3.63) is 29.8 Å². The van der Waals surface area contributed by atoms with Gasteiger partial charge in [0, 0.05) is 6.42 Å². The standard InChI is InChI=1S/C16H20N4O5/c1-16(15(24)25-2)8-12(13(18)21)19-20(16)10-5-3-9(4-6-10)7-11(17)14(22)23/h3-6,11H,7-8,17H2,1-2H3,(H2,18,21)(H,22,23). The zero-order chi connectivity index (χ0) is 18.8. The molecule has 1 aliphatic rings. The summed E-state index contributed by atoms with van der Waals surface area (Å²) in [4.78, 5) is 34.5. The molecule has 0 fully saturated rings. The van der Waals surface area contributed by atoms with Crippen LogP contribution in [0.1, 0.15) is 18.9 Å². The first-order valence-electron chi connectivity index (χ1n) is 7.52. The lowest BCUT2D eigenvalue weighted by molar-refractivity contribution is -0.146. The maximum atomic E-state index is 12.2. The number of carbonyl (C=O) groups excluding carboxylic acids is 2. The molecule has 0 aromatic heterocycles. The van der Waals surface area contributed by atoms with Gasteiger partial charge in [-0.05, 0) is 31.0 Å². The first-order chi connectivity index (χ1) is 11.7. The van der Waals surface area contributed by atoms with E-state index in [2.05, 4.69) is 5.10 Å². The lowest BCUT2D eigenvalue weighted by Crippen LogP contribution is -2.48. The summed E-state index contributed by atoms with van der Waals surface area (Å²) >= 11 is 0. The number of carboxylic acid groups (broad SMARTS) is 1. The second-order valence-electron chi connectivity index (χ2n) is 5.98. The van der Waals surface area contributed by atoms with Crippen LogP contribution in [0.25, 0.3) is 0 Å². The van der Waals surface area contributed by atoms with E-state index in [9.17, 15) is 14.4 Å². The van der Waals surface area contributed by atoms with Crippen molar-refractivity contribution in [2.75, 3.05) is 12.1 Å². The third-order valence-corrected chi connectivity index (χ3v) is 4.06. The number of methoxy groups -OCH3 is 1. The van der Waals surface area contributed by atoms with Crippen molar-refractivity contribution in [2.24, 2.45) is 16.6 Å². The van der Waals surface area contributed by atoms with Crippen LogP contribution in [0.2, 0.25) is 0 Å². The Morgan fingerprint density at radius 1 is 1.36 bits per heavy atom. The number of benzene rings is 1. The minimum atomic E-state index is -1.20. The highest BCUT2D eigenvalue weighted by atomic mass is 16.5. The second kappa shape index (κ2) is 6.89. The number of hydrogen-bond donors (Lipinski definition) is 3. The molecule has 1 amide bonds. The smallest absolute Gasteiger partial charge is 0.333 e. The van der Waals surface area contributed by atoms with E-state index in [0.717, 1.165) is 5.56 Å². The molecule has 0 spiro atoms. The molecule has 0 aliphatic carbocycles. The molecule has 25 heavy (non-hydrogen) atoms. The summed E-state index contributed by atoms with van der Waals surface area (Å²) in [6, 6.07) is 5.70. The fourth-order valence-corrected chi connectivity index (χ4v) is 2.64. The van der Waals surface area contributed by atoms with Gasteiger partial charge < -0.3 is 21.3 Å². The highest BCUT2D eigenvalue weighted by Gasteiger charge is 2.48. The number of amides is 1. The van der Waals surface area contributed by atoms with Crippen molar-refractivity contribution >= 4 is 29.2 Å². The Morgan fingerprint density at radius 3 is 2.44 bits per heavy atom. The van der Waals surface area contributed by atoms with E-state index >= 15 is 0 Å². The van der Waals surface area contributed by atoms with Crippen LogP contribution in [0, 0.1) is 0 Å². The molecule has 0 bridgehead atoms. The maximum Gasteiger partial charge on any atom is 0.333 e. The van der Waals surface area contributed by atoms with Crippen LogP contribution >= 0.6 is 0 Å². The van der Waals surface area contributed by atoms with Gasteiger partial charge in [0.05, 0.1) is 12.8 Å². The zero-order valence-electron chi connectivity index (χ0n) is 13.9. The number of primary amides is 1. The number of rotatable bonds is 6. The Kier molecular flexibility index (Phi) is 5.07. The number of aliphatic carboxylic acids is 1. The van der Waals surface area contributed by atoms with Gasteiger partial charge in [0.25, 0.3) is 5.91 Å². The zero-order valence-corrected chi connectivity index (χ0v) is 13.9. The van der Waals surface area contributed by atoms with Gasteiger partial charge in [0.15, 0.2) is 5.54 Å². The van der Waals surface area contributed by atoms with Crippen molar-refractivity contribution in [2.45, 2.75) is 31.3 Å². The molecule has 2 unspecified atom stereocenters. The van der Waals surface area contributed by atoms with Crippen LogP contribution < -0.4 is 16.5 Å². The Bertz CT molecular complexity index is 731. The summed E-state index contributed by atoms with van der Waals surface area (Å²) in [5.74, 6) is -2.34. The first kappa shape index (κ1) is 18.4. The van der Waals surface area contributed by atoms with E-state index in [0.29, 0.717) is 5.69 Å². The number of nitrogens with two attached hydrogens (primary N) is 2. The molecule has 0 saturated carbocycles. The predicted molar refractivity (Wildman–Crippen MR) is 89.9 cm³/mol. The van der Waals surface area contributed by atoms with E-state index in [-0.39, 0.29) is 18.6 Å². The molecule has 1 aromatic rings. The summed E-state index contributed by atoms with van der Waals surface area (Å²) in [7, 11) is 1.25. The topological polar surface area (TPSA) is 148 Å². The lowest BCUT2D eigenvalue weighted by atomic mass is 9.94. The molecular weight excluding hydrogens is 328 g/mol. The summed E-state index contributed by atoms with van der Waals surface area (Å²) in [6.07, 6.45) is 0.195. The monoisotopic (exact) mass is 348 g/mol. The third kappa shape index (κ3) is 3.61. The number of hydrazone groups is 1. The summed E-state index contributed by atoms with van der Waals surface area (Å²) < 4.78 is 4.83. The van der Waals surface area contributed by atoms with E-state index in [4.69, 9.17) is 21.3 Å². The fraction of sp³-hybridized carbons (Fsp3) is 0.375. The molecule has 1 aromatic carbocycles. The highest BCUT2D eigenvalue weighted by Crippen LogP contribution is 2.34. The van der Waals surface area contributed by atoms with Gasteiger partial charge in [-0.25, -0.2) is 9.80 Å². The van der Waals surface area contributed by atoms with E-state index in [1.165, 1.54) is 12.1 Å². The van der Waals surface area contributed by atoms with Crippen LogP contribution in [-0.4, -0.2) is 47.4 Å². The minimum Gasteiger partial charge on any atom is -0.480 e. The van der Waals surface area contributed by atoms with Crippen LogP contribution in [-0.2, 0) is 25.5 Å². The molecule has 2 rings (SSSR count). The van der Waals surface area contributed by atoms with Gasteiger partial charge in [0.1, 0.15) is 11.8 Å². The van der Waals surface area contributed by atoms with Gasteiger partial charge >= 0.3 is 11.9 Å². The third-order valence-electron chi connectivity index (χ3n) is 4.06. The Labute approximate surface area is 144 Å². The summed E-state index contributed by atoms with van der Waals surface area (Å²) in [6.45, 7) is 1.60. The van der Waals surface area contributed by atoms with E-state index < -0.39 is 29.4 Å². The fourth-order valence-electron chi connectivity index (χ4n) is 2.64. The van der Waals surface area contributed by atoms with E-state index in [1.807, 2.05) is 0 Å². The summed E-state index contributed by atoms with van der Waals surface area (Å²) in [5.41, 5.74) is 10.9. The van der Waals surface area contributed by atoms with Gasteiger partial charge in [-0.2, -0.15) is 5.10 Å². The van der Waals surface area contributed by atoms with Crippen molar-refractivity contribution in [1.82, 2.24) is 0 Å². The highest BCUT2D eigenvalue weighted by molar-refractivity contribution is 6.40. The molecule has 1 heterocycles. The predicted octanol–water partition coefficient (Wildman–Crippen LogP) is -0.376. The Balaban J connectivity index is 2.32. The SMILES string of the molecule is COC(=O)C1(C)CC(C(N)=O)=NN1c1ccc(CC(N)C(=O)O)cc1. The number of nitrogens with zero attached hydrogens (tertiary/aromatic N) is 2. The average molecular weight is 348 g/mol. The van der Waals surface area contributed by atoms with Gasteiger partial charge in [-0.3, -0.25) is 9.59 Å². The number of carboxylic acids is 1. The number of hydrogen-bond acceptors (Lipinski definition) is 7. The van der Waals surface area contributed by atoms with Crippen LogP contribution in [0.15, 0.2) is 29.4 Å². The molecule has 134 valence electrons. The molecule has 5 N–H and O–H groups in total. The largest absolute Gasteiger partial charge is 0.480 e. The van der Waals surface area contributed by atoms with Crippen LogP contribution in [0.5, 0.6) is 0 Å². The van der Waals surface area contributed by atoms with Crippen LogP contribution in [0.4, 0.5) is 5.69 Å². The first-order valence-corrected chi connectivity index (χ1v) is 7.52. The van der Waals surface area contributed by atoms with Crippen molar-refractivity contribution in [3.63, 3.8) is 0 Å². The normalized spacial score (nSPS) is 20.8. The van der Waals surface area contributed by atoms with Gasteiger partial charge in [-0.15, -0.1) is 0 Å². The Morgan fingerprint density at radius 2 is 1.96 bits per heavy atom. The molecule has 9 nitrogen and oxygen atoms in total. The lowest BCUT2D eigenvalue weighted by Gasteiger charge is -2.31.